The molecular weight excluding hydrogens is 1830 g/mol. The molecule has 3 amide bonds. The third-order valence-corrected chi connectivity index (χ3v) is 26.6. The molecule has 4 aromatic heterocycles. The van der Waals surface area contributed by atoms with Gasteiger partial charge in [0.05, 0.1) is 76.2 Å². The molecule has 1 aromatic carbocycles. The summed E-state index contributed by atoms with van der Waals surface area (Å²) in [5.41, 5.74) is 2.25. The summed E-state index contributed by atoms with van der Waals surface area (Å²) in [7, 11) is -20.9. The van der Waals surface area contributed by atoms with Gasteiger partial charge < -0.3 is 110 Å². The lowest BCUT2D eigenvalue weighted by Gasteiger charge is -2.33. The van der Waals surface area contributed by atoms with Crippen LogP contribution in [0.4, 0.5) is 9.59 Å². The number of carbonyl (C=O) groups is 3. The number of aromatic nitrogens is 8. The Morgan fingerprint density at radius 1 is 0.485 bits per heavy atom. The molecule has 19 atom stereocenters. The van der Waals surface area contributed by atoms with Crippen molar-refractivity contribution in [2.45, 2.75) is 256 Å². The number of nitrogens with one attached hydrogen (secondary N) is 8. The summed E-state index contributed by atoms with van der Waals surface area (Å²) in [4.78, 5) is 196. The first-order chi connectivity index (χ1) is 62.7. The number of aliphatic hydroxyl groups excluding tert-OH is 2. The molecule has 7 aliphatic rings. The van der Waals surface area contributed by atoms with Crippen LogP contribution in [0, 0.1) is 33.6 Å². The summed E-state index contributed by atoms with van der Waals surface area (Å²) >= 11 is 0. The Balaban J connectivity index is 0.000000269. The van der Waals surface area contributed by atoms with Crippen molar-refractivity contribution >= 4 is 55.1 Å². The van der Waals surface area contributed by atoms with E-state index in [1.54, 1.807) is 0 Å². The number of amides is 3. The molecular formula is C80H111N13O35P4-4. The molecule has 12 rings (SSSR count). The van der Waals surface area contributed by atoms with Crippen molar-refractivity contribution in [3.05, 3.63) is 189 Å². The Morgan fingerprint density at radius 3 is 1.36 bits per heavy atom. The number of hydrazone groups is 1. The van der Waals surface area contributed by atoms with Gasteiger partial charge in [0.15, 0.2) is 0 Å². The highest BCUT2D eigenvalue weighted by Crippen LogP contribution is 2.50. The molecule has 1 saturated carbocycles. The minimum absolute atomic E-state index is 0.0165. The Bertz CT molecular complexity index is 5650. The molecule has 0 radical (unpaired) electrons. The fourth-order valence-electron chi connectivity index (χ4n) is 15.7. The third kappa shape index (κ3) is 30.0. The van der Waals surface area contributed by atoms with E-state index in [0.717, 1.165) is 110 Å². The van der Waals surface area contributed by atoms with Gasteiger partial charge in [0.1, 0.15) is 61.5 Å². The number of benzene rings is 1. The van der Waals surface area contributed by atoms with Crippen LogP contribution in [0.25, 0.3) is 0 Å². The van der Waals surface area contributed by atoms with Crippen LogP contribution >= 0.6 is 31.3 Å². The topological polar surface area (TPSA) is 661 Å². The van der Waals surface area contributed by atoms with E-state index in [4.69, 9.17) is 69.7 Å². The monoisotopic (exact) mass is 1940 g/mol. The van der Waals surface area contributed by atoms with Crippen molar-refractivity contribution in [3.63, 3.8) is 0 Å². The molecule has 5 fully saturated rings. The largest absolute Gasteiger partial charge is 0.756 e. The van der Waals surface area contributed by atoms with E-state index in [0.29, 0.717) is 32.2 Å². The molecule has 11 unspecified atom stereocenters. The number of ether oxygens (including phenoxy) is 6. The van der Waals surface area contributed by atoms with E-state index in [2.05, 4.69) is 54.3 Å². The Hall–Kier alpha value is -8.90. The van der Waals surface area contributed by atoms with Gasteiger partial charge in [-0.25, -0.2) is 28.8 Å². The maximum Gasteiger partial charge on any atom is 0.407 e. The van der Waals surface area contributed by atoms with Crippen molar-refractivity contribution in [2.75, 3.05) is 59.3 Å². The first kappa shape index (κ1) is 104. The third-order valence-electron chi connectivity index (χ3n) is 22.7. The highest BCUT2D eigenvalue weighted by molar-refractivity contribution is 7.46. The molecule has 48 nitrogen and oxygen atoms in total. The molecule has 4 saturated heterocycles. The van der Waals surface area contributed by atoms with Crippen LogP contribution in [-0.4, -0.2) is 193 Å². The van der Waals surface area contributed by atoms with E-state index < -0.39 is 214 Å². The van der Waals surface area contributed by atoms with Gasteiger partial charge in [0.25, 0.3) is 53.5 Å². The Kier molecular flexibility index (Phi) is 37.3. The zero-order valence-electron chi connectivity index (χ0n) is 73.3. The number of carbonyl (C=O) groups excluding carboxylic acids is 3. The predicted molar refractivity (Wildman–Crippen MR) is 456 cm³/mol. The number of unbranched alkanes of at least 4 members (excludes halogenated alkanes) is 4. The number of allylic oxidation sites excluding steroid dienone is 3. The lowest BCUT2D eigenvalue weighted by molar-refractivity contribution is -0.238. The van der Waals surface area contributed by atoms with Crippen molar-refractivity contribution < 1.29 is 127 Å². The van der Waals surface area contributed by atoms with E-state index in [1.807, 2.05) is 37.3 Å². The number of aromatic amines is 4. The first-order valence-electron chi connectivity index (χ1n) is 43.4. The molecule has 10 N–H and O–H groups in total. The molecule has 52 heteroatoms. The van der Waals surface area contributed by atoms with Crippen LogP contribution in [0.3, 0.4) is 0 Å². The van der Waals surface area contributed by atoms with Crippen LogP contribution < -0.4 is 85.9 Å². The smallest absolute Gasteiger partial charge is 0.407 e. The molecule has 2 aliphatic carbocycles. The normalized spacial score (nSPS) is 26.5. The van der Waals surface area contributed by atoms with E-state index in [1.165, 1.54) is 59.4 Å². The number of hydrogen-bond donors (Lipinski definition) is 10. The number of alkyl carbamates (subject to hydrolysis) is 2. The van der Waals surface area contributed by atoms with Crippen LogP contribution in [0.1, 0.15) is 194 Å². The van der Waals surface area contributed by atoms with Crippen molar-refractivity contribution in [1.82, 2.24) is 59.6 Å². The van der Waals surface area contributed by atoms with Gasteiger partial charge >= 0.3 is 34.9 Å². The minimum atomic E-state index is -5.36. The molecule has 0 spiro atoms. The van der Waals surface area contributed by atoms with Crippen LogP contribution in [-0.2, 0) is 94.1 Å². The molecule has 0 bridgehead atoms. The molecule has 9 heterocycles. The Labute approximate surface area is 753 Å². The number of hydrogen-bond acceptors (Lipinski definition) is 37. The van der Waals surface area contributed by atoms with Crippen molar-refractivity contribution in [2.24, 2.45) is 11.0 Å². The number of aryl methyl sites for hydroxylation is 4. The van der Waals surface area contributed by atoms with E-state index in [-0.39, 0.29) is 79.0 Å². The quantitative estimate of drug-likeness (QED) is 0.0153. The predicted octanol–water partition coefficient (Wildman–Crippen LogP) is 2.22. The summed E-state index contributed by atoms with van der Waals surface area (Å²) in [6.07, 6.45) is 2.73. The number of nitrogens with zero attached hydrogens (tertiary/aromatic N) is 5. The molecule has 132 heavy (non-hydrogen) atoms. The summed E-state index contributed by atoms with van der Waals surface area (Å²) in [5.74, 6) is -0.0581. The van der Waals surface area contributed by atoms with Gasteiger partial charge in [-0.3, -0.25) is 85.9 Å². The molecule has 730 valence electrons. The average molecular weight is 1940 g/mol. The SMILES string of the molecule is CCCCCCCNC(=O)Cc1ccc(C2=NNC(C)=C3CC(OC(=O)NCCOP(=O)([O-])OC[C@H]4O[C@@H](n5cc(C)c(=O)[nH]c5=O)CC4OP(=O)([O-])OC[C@H]4O[C@@H](n5cc(C)c(=O)[nH]c5=O)CC4O)CCCCC23)cc1.Cc1cn([C@H]2CC(O)[C@@H](COP(=O)([O-])OC3C[C@H](n4cc(C)c(=O)[nH]c4=O)O[C@@H]3COP(=O)([O-])OCCNC(=O)OC3CC/C=C/CCC3)O2)c(=O)[nH]c1=O. The molecule has 5 aliphatic heterocycles. The van der Waals surface area contributed by atoms with Crippen LogP contribution in [0.2, 0.25) is 0 Å². The van der Waals surface area contributed by atoms with E-state index in [9.17, 15) is 101 Å². The van der Waals surface area contributed by atoms with Gasteiger partial charge in [0, 0.05) is 110 Å². The Morgan fingerprint density at radius 2 is 0.894 bits per heavy atom. The maximum absolute atomic E-state index is 13.2. The second-order valence-corrected chi connectivity index (χ2v) is 38.3. The number of phosphoric ester groups is 4. The van der Waals surface area contributed by atoms with Crippen molar-refractivity contribution in [1.29, 1.82) is 0 Å². The fourth-order valence-corrected chi connectivity index (χ4v) is 19.0. The van der Waals surface area contributed by atoms with Gasteiger partial charge in [-0.1, -0.05) is 75.4 Å². The lowest BCUT2D eigenvalue weighted by Crippen LogP contribution is -2.35. The van der Waals surface area contributed by atoms with Gasteiger partial charge in [-0.2, -0.15) is 5.10 Å². The van der Waals surface area contributed by atoms with Crippen LogP contribution in [0.15, 0.2) is 116 Å². The second kappa shape index (κ2) is 47.5. The highest BCUT2D eigenvalue weighted by atomic mass is 31.2. The zero-order chi connectivity index (χ0) is 95.4. The van der Waals surface area contributed by atoms with E-state index >= 15 is 0 Å². The summed E-state index contributed by atoms with van der Waals surface area (Å²) in [6, 6.07) is 7.82. The summed E-state index contributed by atoms with van der Waals surface area (Å²) in [5, 5.41) is 33.8. The number of fused-ring (bicyclic) bond motifs is 1. The number of rotatable bonds is 39. The first-order valence-corrected chi connectivity index (χ1v) is 49.2. The standard InChI is InChI=1S/C49H70N8O18P2.C31H45N5O17P2/c1-5-6-7-8-11-18-50-41(59)21-32-14-16-33(17-15-32)44-35-13-10-9-12-34(22-36(35)31(4)54-55-44)72-49(64)51-19-20-69-76(65,66)70-28-40-38(24-43(74-40)57-26-30(3)46(61)53-48(57)63)75-77(67,68)71-27-39-37(58)23-42(73-39)56-25-29(2)45(60)52-47(56)62;1-18-14-35(29(40)33-27(18)38)25-12-21(37)23(51-25)16-49-55(45,46)53-22-13-26(36-15-19(2)28(39)34-30(36)41)52-24(22)17-48-54(43,44)47-11-10-32-31(42)50-20-8-6-4-3-5-7-9-20/h14-17,25-26,34-35,37-40,42-43,54,58H,5-13,18-24,27-28H2,1-4H3,(H,50,59)(H,51,64)(H,65,66)(H,67,68)(H,52,60,62)(H,53,61,63);3-4,14-15,20-26,37H,5-13,16-17H2,1-2H3,(H,32,42)(H,43,44)(H,45,46)(H,33,38,40)(H,34,39,41)/p-4/b;4-3+/t34?,35?,37?,38?,39-,40-,42-,43-;20?,21?,22?,23-,24-,25-,26-/m11/s1. The molecule has 5 aromatic rings. The number of phosphoric acid groups is 4. The maximum atomic E-state index is 13.2. The minimum Gasteiger partial charge on any atom is -0.756 e. The number of aliphatic hydroxyl groups is 2. The van der Waals surface area contributed by atoms with Gasteiger partial charge in [-0.05, 0) is 109 Å². The highest BCUT2D eigenvalue weighted by Gasteiger charge is 2.45. The fraction of sp³-hybridized carbons (Fsp3) is 0.625. The van der Waals surface area contributed by atoms with Crippen LogP contribution in [0.5, 0.6) is 0 Å². The second-order valence-electron chi connectivity index (χ2n) is 32.8. The van der Waals surface area contributed by atoms with Gasteiger partial charge in [0.2, 0.25) is 5.91 Å². The summed E-state index contributed by atoms with van der Waals surface area (Å²) < 4.78 is 130. The van der Waals surface area contributed by atoms with Crippen molar-refractivity contribution in [3.8, 4) is 0 Å². The van der Waals surface area contributed by atoms with Gasteiger partial charge in [-0.15, -0.1) is 0 Å². The average Bonchev–Trinajstić information content (AvgIpc) is 1.79. The lowest BCUT2D eigenvalue weighted by atomic mass is 9.79. The zero-order valence-corrected chi connectivity index (χ0v) is 76.9. The number of H-pyrrole nitrogens is 4. The summed E-state index contributed by atoms with van der Waals surface area (Å²) in [6.45, 7) is 5.49.